The third kappa shape index (κ3) is 4.09. The summed E-state index contributed by atoms with van der Waals surface area (Å²) in [7, 11) is 0. The summed E-state index contributed by atoms with van der Waals surface area (Å²) >= 11 is 3.71. The van der Waals surface area contributed by atoms with Gasteiger partial charge in [-0.1, -0.05) is 20.8 Å². The van der Waals surface area contributed by atoms with E-state index in [1.165, 1.54) is 22.3 Å². The minimum Gasteiger partial charge on any atom is -0.317 e. The average molecular weight is 316 g/mol. The van der Waals surface area contributed by atoms with Crippen LogP contribution < -0.4 is 5.32 Å². The number of nitrogens with one attached hydrogen (secondary N) is 1. The zero-order valence-electron chi connectivity index (χ0n) is 12.1. The molecule has 1 heterocycles. The normalized spacial score (nSPS) is 12.9. The summed E-state index contributed by atoms with van der Waals surface area (Å²) in [4.78, 5) is 0. The molecule has 0 aliphatic heterocycles. The predicted molar refractivity (Wildman–Crippen MR) is 81.0 cm³/mol. The third-order valence-electron chi connectivity index (χ3n) is 3.30. The molecular weight excluding hydrogens is 290 g/mol. The zero-order valence-corrected chi connectivity index (χ0v) is 13.7. The van der Waals surface area contributed by atoms with Gasteiger partial charge in [0.2, 0.25) is 0 Å². The van der Waals surface area contributed by atoms with Gasteiger partial charge in [0.25, 0.3) is 0 Å². The van der Waals surface area contributed by atoms with E-state index in [9.17, 15) is 0 Å². The molecule has 0 aliphatic rings. The fourth-order valence-electron chi connectivity index (χ4n) is 2.17. The Morgan fingerprint density at radius 3 is 2.61 bits per heavy atom. The number of rotatable bonds is 8. The largest absolute Gasteiger partial charge is 0.317 e. The van der Waals surface area contributed by atoms with E-state index >= 15 is 0 Å². The van der Waals surface area contributed by atoms with E-state index in [4.69, 9.17) is 0 Å². The Hall–Kier alpha value is -0.350. The van der Waals surface area contributed by atoms with Crippen molar-refractivity contribution in [2.24, 2.45) is 5.92 Å². The Bertz CT molecular complexity index is 360. The van der Waals surface area contributed by atoms with Crippen molar-refractivity contribution in [3.05, 3.63) is 15.9 Å². The second-order valence-electron chi connectivity index (χ2n) is 4.83. The van der Waals surface area contributed by atoms with Crippen LogP contribution in [0.5, 0.6) is 0 Å². The Kier molecular flexibility index (Phi) is 6.94. The van der Waals surface area contributed by atoms with Gasteiger partial charge in [0, 0.05) is 6.54 Å². The summed E-state index contributed by atoms with van der Waals surface area (Å²) in [6.07, 6.45) is 3.32. The van der Waals surface area contributed by atoms with Crippen LogP contribution in [0.25, 0.3) is 0 Å². The molecule has 1 aromatic heterocycles. The maximum Gasteiger partial charge on any atom is 0.0766 e. The van der Waals surface area contributed by atoms with Crippen LogP contribution in [-0.4, -0.2) is 22.9 Å². The molecule has 1 unspecified atom stereocenters. The highest BCUT2D eigenvalue weighted by Gasteiger charge is 2.16. The van der Waals surface area contributed by atoms with Crippen LogP contribution >= 0.6 is 15.9 Å². The van der Waals surface area contributed by atoms with Crippen LogP contribution in [0.3, 0.4) is 0 Å². The second-order valence-corrected chi connectivity index (χ2v) is 5.62. The van der Waals surface area contributed by atoms with Crippen molar-refractivity contribution in [1.29, 1.82) is 0 Å². The lowest BCUT2D eigenvalue weighted by Gasteiger charge is -2.13. The van der Waals surface area contributed by atoms with Crippen molar-refractivity contribution < 1.29 is 0 Å². The molecule has 0 amide bonds. The van der Waals surface area contributed by atoms with E-state index in [1.807, 2.05) is 0 Å². The highest BCUT2D eigenvalue weighted by Crippen LogP contribution is 2.25. The Balaban J connectivity index is 2.67. The van der Waals surface area contributed by atoms with E-state index in [0.29, 0.717) is 5.92 Å². The van der Waals surface area contributed by atoms with Gasteiger partial charge in [0.1, 0.15) is 0 Å². The summed E-state index contributed by atoms with van der Waals surface area (Å²) < 4.78 is 3.37. The lowest BCUT2D eigenvalue weighted by molar-refractivity contribution is 0.480. The summed E-state index contributed by atoms with van der Waals surface area (Å²) in [6, 6.07) is 0. The molecule has 0 saturated carbocycles. The van der Waals surface area contributed by atoms with Crippen molar-refractivity contribution in [1.82, 2.24) is 15.1 Å². The van der Waals surface area contributed by atoms with Gasteiger partial charge in [-0.25, -0.2) is 0 Å². The fourth-order valence-corrected chi connectivity index (χ4v) is 2.90. The predicted octanol–water partition coefficient (Wildman–Crippen LogP) is 3.41. The molecular formula is C14H26BrN3. The number of nitrogens with zero attached hydrogens (tertiary/aromatic N) is 2. The van der Waals surface area contributed by atoms with Gasteiger partial charge in [-0.3, -0.25) is 4.68 Å². The number of hydrogen-bond acceptors (Lipinski definition) is 2. The monoisotopic (exact) mass is 315 g/mol. The minimum absolute atomic E-state index is 0.687. The van der Waals surface area contributed by atoms with Crippen LogP contribution in [0.4, 0.5) is 0 Å². The molecule has 0 radical (unpaired) electrons. The van der Waals surface area contributed by atoms with Gasteiger partial charge < -0.3 is 5.32 Å². The molecule has 1 rings (SSSR count). The molecule has 1 atom stereocenters. The van der Waals surface area contributed by atoms with Crippen LogP contribution in [0, 0.1) is 5.92 Å². The SMILES string of the molecule is CCNCCC(C)Cc1c(Br)c(CC)nn1CC. The van der Waals surface area contributed by atoms with Gasteiger partial charge in [-0.15, -0.1) is 0 Å². The molecule has 0 spiro atoms. The molecule has 0 saturated heterocycles. The smallest absolute Gasteiger partial charge is 0.0766 e. The molecule has 3 nitrogen and oxygen atoms in total. The van der Waals surface area contributed by atoms with Crippen LogP contribution in [0.1, 0.15) is 45.5 Å². The number of hydrogen-bond donors (Lipinski definition) is 1. The summed E-state index contributed by atoms with van der Waals surface area (Å²) in [5.41, 5.74) is 2.55. The summed E-state index contributed by atoms with van der Waals surface area (Å²) in [5.74, 6) is 0.687. The van der Waals surface area contributed by atoms with Crippen molar-refractivity contribution in [2.45, 2.75) is 53.5 Å². The number of aryl methyl sites for hydroxylation is 2. The Labute approximate surface area is 119 Å². The van der Waals surface area contributed by atoms with E-state index in [1.54, 1.807) is 0 Å². The van der Waals surface area contributed by atoms with Gasteiger partial charge in [0.05, 0.1) is 15.9 Å². The van der Waals surface area contributed by atoms with E-state index in [-0.39, 0.29) is 0 Å². The molecule has 0 fully saturated rings. The molecule has 0 aliphatic carbocycles. The average Bonchev–Trinajstić information content (AvgIpc) is 2.66. The van der Waals surface area contributed by atoms with E-state index in [2.05, 4.69) is 58.7 Å². The maximum atomic E-state index is 4.65. The highest BCUT2D eigenvalue weighted by molar-refractivity contribution is 9.10. The minimum atomic E-state index is 0.687. The first-order valence-corrected chi connectivity index (χ1v) is 7.87. The topological polar surface area (TPSA) is 29.9 Å². The zero-order chi connectivity index (χ0) is 13.5. The maximum absolute atomic E-state index is 4.65. The third-order valence-corrected chi connectivity index (χ3v) is 4.22. The quantitative estimate of drug-likeness (QED) is 0.745. The highest BCUT2D eigenvalue weighted by atomic mass is 79.9. The molecule has 18 heavy (non-hydrogen) atoms. The van der Waals surface area contributed by atoms with E-state index < -0.39 is 0 Å². The Morgan fingerprint density at radius 1 is 1.33 bits per heavy atom. The molecule has 1 aromatic rings. The van der Waals surface area contributed by atoms with Crippen molar-refractivity contribution >= 4 is 15.9 Å². The summed E-state index contributed by atoms with van der Waals surface area (Å²) in [6.45, 7) is 11.9. The van der Waals surface area contributed by atoms with Crippen LogP contribution in [-0.2, 0) is 19.4 Å². The lowest BCUT2D eigenvalue weighted by atomic mass is 10.0. The van der Waals surface area contributed by atoms with Gasteiger partial charge in [0.15, 0.2) is 0 Å². The summed E-state index contributed by atoms with van der Waals surface area (Å²) in [5, 5.41) is 8.04. The molecule has 0 bridgehead atoms. The molecule has 0 aromatic carbocycles. The first-order chi connectivity index (χ1) is 8.63. The van der Waals surface area contributed by atoms with Crippen LogP contribution in [0.2, 0.25) is 0 Å². The van der Waals surface area contributed by atoms with Crippen LogP contribution in [0.15, 0.2) is 4.47 Å². The first kappa shape index (κ1) is 15.7. The van der Waals surface area contributed by atoms with Gasteiger partial charge in [-0.2, -0.15) is 5.10 Å². The standard InChI is InChI=1S/C14H26BrN3/c1-5-12-14(15)13(18(7-3)17-12)10-11(4)8-9-16-6-2/h11,16H,5-10H2,1-4H3. The van der Waals surface area contributed by atoms with Crippen molar-refractivity contribution in [2.75, 3.05) is 13.1 Å². The molecule has 4 heteroatoms. The second kappa shape index (κ2) is 7.95. The molecule has 104 valence electrons. The van der Waals surface area contributed by atoms with Crippen molar-refractivity contribution in [3.63, 3.8) is 0 Å². The first-order valence-electron chi connectivity index (χ1n) is 7.08. The van der Waals surface area contributed by atoms with Crippen molar-refractivity contribution in [3.8, 4) is 0 Å². The van der Waals surface area contributed by atoms with E-state index in [0.717, 1.165) is 32.5 Å². The van der Waals surface area contributed by atoms with Gasteiger partial charge in [-0.05, 0) is 61.1 Å². The van der Waals surface area contributed by atoms with Gasteiger partial charge >= 0.3 is 0 Å². The fraction of sp³-hybridized carbons (Fsp3) is 0.786. The molecule has 1 N–H and O–H groups in total. The lowest BCUT2D eigenvalue weighted by Crippen LogP contribution is -2.18. The number of aromatic nitrogens is 2. The Morgan fingerprint density at radius 2 is 2.06 bits per heavy atom. The number of halogens is 1.